The molecule has 1 aromatic rings. The van der Waals surface area contributed by atoms with Crippen LogP contribution in [0.4, 0.5) is 0 Å². The molecular formula is C22H30O2. The van der Waals surface area contributed by atoms with E-state index in [0.717, 1.165) is 35.6 Å². The fourth-order valence-electron chi connectivity index (χ4n) is 6.10. The summed E-state index contributed by atoms with van der Waals surface area (Å²) in [6, 6.07) is 4.03. The Labute approximate surface area is 145 Å². The van der Waals surface area contributed by atoms with E-state index in [1.54, 1.807) is 0 Å². The predicted octanol–water partition coefficient (Wildman–Crippen LogP) is 5.73. The van der Waals surface area contributed by atoms with E-state index in [0.29, 0.717) is 17.6 Å². The lowest BCUT2D eigenvalue weighted by Gasteiger charge is -2.63. The van der Waals surface area contributed by atoms with E-state index in [9.17, 15) is 5.11 Å². The molecule has 2 nitrogen and oxygen atoms in total. The van der Waals surface area contributed by atoms with E-state index in [1.165, 1.54) is 18.4 Å². The molecule has 2 aliphatic carbocycles. The zero-order chi connectivity index (χ0) is 17.3. The number of hydrogen-bond donors (Lipinski definition) is 1. The largest absolute Gasteiger partial charge is 0.508 e. The molecule has 0 aromatic heterocycles. The number of benzene rings is 1. The minimum atomic E-state index is -0.0431. The molecular weight excluding hydrogens is 296 g/mol. The van der Waals surface area contributed by atoms with Gasteiger partial charge in [-0.25, -0.2) is 0 Å². The van der Waals surface area contributed by atoms with Gasteiger partial charge in [0, 0.05) is 17.4 Å². The van der Waals surface area contributed by atoms with Gasteiger partial charge in [-0.15, -0.1) is 0 Å². The minimum Gasteiger partial charge on any atom is -0.508 e. The van der Waals surface area contributed by atoms with Gasteiger partial charge < -0.3 is 9.84 Å². The van der Waals surface area contributed by atoms with Crippen LogP contribution in [0.25, 0.3) is 0 Å². The molecule has 1 heterocycles. The van der Waals surface area contributed by atoms with Crippen LogP contribution >= 0.6 is 0 Å². The van der Waals surface area contributed by atoms with Crippen molar-refractivity contribution in [1.82, 2.24) is 0 Å². The Bertz CT molecular complexity index is 715. The van der Waals surface area contributed by atoms with Gasteiger partial charge in [0.2, 0.25) is 0 Å². The van der Waals surface area contributed by atoms with Crippen molar-refractivity contribution >= 4 is 0 Å². The molecule has 2 saturated carbocycles. The highest BCUT2D eigenvalue weighted by Crippen LogP contribution is 2.75. The molecule has 0 radical (unpaired) electrons. The first-order chi connectivity index (χ1) is 11.3. The lowest BCUT2D eigenvalue weighted by molar-refractivity contribution is -0.133. The maximum Gasteiger partial charge on any atom is 0.127 e. The van der Waals surface area contributed by atoms with Crippen molar-refractivity contribution in [3.8, 4) is 11.5 Å². The average Bonchev–Trinajstić information content (AvgIpc) is 2.79. The van der Waals surface area contributed by atoms with Gasteiger partial charge in [-0.3, -0.25) is 0 Å². The molecule has 0 unspecified atom stereocenters. The summed E-state index contributed by atoms with van der Waals surface area (Å²) in [5.41, 5.74) is 3.80. The third kappa shape index (κ3) is 2.01. The number of hydrogen-bond acceptors (Lipinski definition) is 2. The van der Waals surface area contributed by atoms with Crippen molar-refractivity contribution in [1.29, 1.82) is 0 Å². The molecule has 3 aliphatic rings. The highest BCUT2D eigenvalue weighted by atomic mass is 16.5. The zero-order valence-electron chi connectivity index (χ0n) is 15.6. The van der Waals surface area contributed by atoms with Crippen molar-refractivity contribution in [2.45, 2.75) is 71.8 Å². The Balaban J connectivity index is 1.77. The van der Waals surface area contributed by atoms with Crippen LogP contribution in [0.3, 0.4) is 0 Å². The number of phenols is 1. The normalized spacial score (nSPS) is 38.6. The number of aromatic hydroxyl groups is 1. The van der Waals surface area contributed by atoms with E-state index >= 15 is 0 Å². The summed E-state index contributed by atoms with van der Waals surface area (Å²) in [5.74, 6) is 3.10. The van der Waals surface area contributed by atoms with Crippen molar-refractivity contribution < 1.29 is 9.84 Å². The second kappa shape index (κ2) is 5.03. The molecule has 4 rings (SSSR count). The van der Waals surface area contributed by atoms with Gasteiger partial charge in [0.25, 0.3) is 0 Å². The summed E-state index contributed by atoms with van der Waals surface area (Å²) in [6.07, 6.45) is 7.11. The van der Waals surface area contributed by atoms with Crippen LogP contribution < -0.4 is 4.74 Å². The number of phenolic OH excluding ortho intramolecular Hbond substituents is 1. The molecule has 0 saturated heterocycles. The zero-order valence-corrected chi connectivity index (χ0v) is 15.6. The lowest BCUT2D eigenvalue weighted by atomic mass is 9.43. The second-order valence-electron chi connectivity index (χ2n) is 9.09. The van der Waals surface area contributed by atoms with Crippen LogP contribution in [-0.4, -0.2) is 10.7 Å². The van der Waals surface area contributed by atoms with Crippen LogP contribution in [0.15, 0.2) is 23.8 Å². The van der Waals surface area contributed by atoms with Crippen LogP contribution in [0, 0.1) is 24.2 Å². The van der Waals surface area contributed by atoms with Crippen LogP contribution in [-0.2, 0) is 0 Å². The van der Waals surface area contributed by atoms with Crippen molar-refractivity contribution in [3.05, 3.63) is 34.9 Å². The van der Waals surface area contributed by atoms with Crippen molar-refractivity contribution in [3.63, 3.8) is 0 Å². The van der Waals surface area contributed by atoms with Crippen LogP contribution in [0.2, 0.25) is 0 Å². The SMILES string of the molecule is CC(C)=CCC[C@]1(C)[C@@H]2c3c(O)cc(C)cc3O[C@]3(C)CC[C@H]1[C@H]23. The van der Waals surface area contributed by atoms with E-state index in [1.807, 2.05) is 13.0 Å². The Morgan fingerprint density at radius 2 is 2.08 bits per heavy atom. The quantitative estimate of drug-likeness (QED) is 0.719. The smallest absolute Gasteiger partial charge is 0.127 e. The number of rotatable bonds is 3. The third-order valence-corrected chi connectivity index (χ3v) is 7.16. The summed E-state index contributed by atoms with van der Waals surface area (Å²) in [7, 11) is 0. The fourth-order valence-corrected chi connectivity index (χ4v) is 6.10. The molecule has 0 bridgehead atoms. The highest BCUT2D eigenvalue weighted by molar-refractivity contribution is 5.54. The maximum absolute atomic E-state index is 10.7. The van der Waals surface area contributed by atoms with Gasteiger partial charge in [-0.05, 0) is 82.4 Å². The fraction of sp³-hybridized carbons (Fsp3) is 0.636. The molecule has 2 heteroatoms. The summed E-state index contributed by atoms with van der Waals surface area (Å²) in [4.78, 5) is 0. The van der Waals surface area contributed by atoms with E-state index in [4.69, 9.17) is 4.74 Å². The van der Waals surface area contributed by atoms with Gasteiger partial charge in [0.15, 0.2) is 0 Å². The third-order valence-electron chi connectivity index (χ3n) is 7.16. The molecule has 2 fully saturated rings. The number of allylic oxidation sites excluding steroid dienone is 2. The van der Waals surface area contributed by atoms with Crippen molar-refractivity contribution in [2.24, 2.45) is 17.3 Å². The van der Waals surface area contributed by atoms with E-state index in [-0.39, 0.29) is 11.0 Å². The topological polar surface area (TPSA) is 29.5 Å². The second-order valence-corrected chi connectivity index (χ2v) is 9.09. The number of fused-ring (bicyclic) bond motifs is 2. The first-order valence-electron chi connectivity index (χ1n) is 9.42. The number of aryl methyl sites for hydroxylation is 1. The maximum atomic E-state index is 10.7. The summed E-state index contributed by atoms with van der Waals surface area (Å²) in [5, 5.41) is 10.7. The molecule has 0 spiro atoms. The van der Waals surface area contributed by atoms with Gasteiger partial charge in [0.1, 0.15) is 17.1 Å². The molecule has 24 heavy (non-hydrogen) atoms. The molecule has 1 N–H and O–H groups in total. The molecule has 0 amide bonds. The van der Waals surface area contributed by atoms with Gasteiger partial charge in [-0.2, -0.15) is 0 Å². The predicted molar refractivity (Wildman–Crippen MR) is 97.6 cm³/mol. The first-order valence-corrected chi connectivity index (χ1v) is 9.42. The molecule has 5 atom stereocenters. The molecule has 130 valence electrons. The highest BCUT2D eigenvalue weighted by Gasteiger charge is 2.70. The Morgan fingerprint density at radius 1 is 1.33 bits per heavy atom. The van der Waals surface area contributed by atoms with Gasteiger partial charge in [0.05, 0.1) is 0 Å². The Kier molecular flexibility index (Phi) is 3.37. The first kappa shape index (κ1) is 16.1. The van der Waals surface area contributed by atoms with E-state index in [2.05, 4.69) is 39.8 Å². The van der Waals surface area contributed by atoms with Gasteiger partial charge in [-0.1, -0.05) is 18.6 Å². The van der Waals surface area contributed by atoms with E-state index < -0.39 is 0 Å². The minimum absolute atomic E-state index is 0.0431. The Morgan fingerprint density at radius 3 is 2.79 bits per heavy atom. The standard InChI is InChI=1S/C22H30O2/c1-13(2)7-6-9-21(4)15-8-10-22(5)19(15)20(21)18-16(23)11-14(3)12-17(18)24-22/h7,11-12,15,19-20,23H,6,8-10H2,1-5H3/t15-,19+,20+,21-,22+/m0/s1. The molecule has 1 aliphatic heterocycles. The van der Waals surface area contributed by atoms with Gasteiger partial charge >= 0.3 is 0 Å². The lowest BCUT2D eigenvalue weighted by Crippen LogP contribution is -2.60. The summed E-state index contributed by atoms with van der Waals surface area (Å²) < 4.78 is 6.47. The van der Waals surface area contributed by atoms with Crippen molar-refractivity contribution in [2.75, 3.05) is 0 Å². The Hall–Kier alpha value is -1.44. The number of ether oxygens (including phenoxy) is 1. The molecule has 1 aromatic carbocycles. The monoisotopic (exact) mass is 326 g/mol. The van der Waals surface area contributed by atoms with Crippen LogP contribution in [0.5, 0.6) is 11.5 Å². The summed E-state index contributed by atoms with van der Waals surface area (Å²) in [6.45, 7) is 11.1. The van der Waals surface area contributed by atoms with Crippen LogP contribution in [0.1, 0.15) is 70.4 Å². The summed E-state index contributed by atoms with van der Waals surface area (Å²) >= 11 is 0. The average molecular weight is 326 g/mol.